The Kier molecular flexibility index (Phi) is 7.06. The Morgan fingerprint density at radius 3 is 2.63 bits per heavy atom. The SMILES string of the molecule is O=C(N/N=C\c1ccc(OCC(=O)N2CCOCC2)cc1)c1cccc([N+](=O)[O-])c1. The molecule has 0 aliphatic carbocycles. The Morgan fingerprint density at radius 2 is 1.93 bits per heavy atom. The minimum atomic E-state index is -0.571. The number of hydrogen-bond donors (Lipinski definition) is 1. The number of nitrogens with zero attached hydrogens (tertiary/aromatic N) is 3. The van der Waals surface area contributed by atoms with E-state index in [1.54, 1.807) is 29.2 Å². The number of hydrazone groups is 1. The normalized spacial score (nSPS) is 13.8. The predicted octanol–water partition coefficient (Wildman–Crippen LogP) is 1.60. The monoisotopic (exact) mass is 412 g/mol. The third-order valence-electron chi connectivity index (χ3n) is 4.31. The zero-order chi connectivity index (χ0) is 21.3. The van der Waals surface area contributed by atoms with E-state index < -0.39 is 10.8 Å². The fourth-order valence-corrected chi connectivity index (χ4v) is 2.69. The van der Waals surface area contributed by atoms with E-state index in [1.807, 2.05) is 0 Å². The van der Waals surface area contributed by atoms with Crippen molar-refractivity contribution in [3.63, 3.8) is 0 Å². The van der Waals surface area contributed by atoms with Crippen molar-refractivity contribution >= 4 is 23.7 Å². The summed E-state index contributed by atoms with van der Waals surface area (Å²) in [5.74, 6) is -0.112. The molecule has 2 amide bonds. The van der Waals surface area contributed by atoms with Crippen LogP contribution in [0, 0.1) is 10.1 Å². The summed E-state index contributed by atoms with van der Waals surface area (Å²) in [5.41, 5.74) is 2.98. The first-order valence-corrected chi connectivity index (χ1v) is 9.19. The van der Waals surface area contributed by atoms with Gasteiger partial charge in [0.25, 0.3) is 17.5 Å². The van der Waals surface area contributed by atoms with Crippen molar-refractivity contribution in [2.45, 2.75) is 0 Å². The van der Waals surface area contributed by atoms with E-state index in [9.17, 15) is 19.7 Å². The molecule has 0 bridgehead atoms. The summed E-state index contributed by atoms with van der Waals surface area (Å²) in [5, 5.41) is 14.6. The van der Waals surface area contributed by atoms with Gasteiger partial charge >= 0.3 is 0 Å². The number of amides is 2. The van der Waals surface area contributed by atoms with Gasteiger partial charge in [0, 0.05) is 30.8 Å². The number of ether oxygens (including phenoxy) is 2. The predicted molar refractivity (Wildman–Crippen MR) is 107 cm³/mol. The first-order valence-electron chi connectivity index (χ1n) is 9.19. The number of nitro groups is 1. The molecule has 2 aromatic carbocycles. The van der Waals surface area contributed by atoms with Crippen molar-refractivity contribution in [3.8, 4) is 5.75 Å². The second-order valence-corrected chi connectivity index (χ2v) is 6.36. The number of non-ortho nitro benzene ring substituents is 1. The molecule has 0 atom stereocenters. The van der Waals surface area contributed by atoms with Crippen LogP contribution < -0.4 is 10.2 Å². The van der Waals surface area contributed by atoms with Crippen molar-refractivity contribution in [3.05, 3.63) is 69.8 Å². The minimum absolute atomic E-state index is 0.0489. The van der Waals surface area contributed by atoms with Crippen molar-refractivity contribution < 1.29 is 24.0 Å². The summed E-state index contributed by atoms with van der Waals surface area (Å²) < 4.78 is 10.7. The third kappa shape index (κ3) is 5.85. The molecule has 0 unspecified atom stereocenters. The molecule has 1 N–H and O–H groups in total. The van der Waals surface area contributed by atoms with Crippen molar-refractivity contribution in [1.29, 1.82) is 0 Å². The Labute approximate surface area is 172 Å². The zero-order valence-corrected chi connectivity index (χ0v) is 16.0. The number of benzene rings is 2. The molecule has 1 saturated heterocycles. The highest BCUT2D eigenvalue weighted by molar-refractivity contribution is 5.95. The summed E-state index contributed by atoms with van der Waals surface area (Å²) >= 11 is 0. The molecular weight excluding hydrogens is 392 g/mol. The fraction of sp³-hybridized carbons (Fsp3) is 0.250. The smallest absolute Gasteiger partial charge is 0.271 e. The van der Waals surface area contributed by atoms with Crippen LogP contribution in [0.4, 0.5) is 5.69 Å². The van der Waals surface area contributed by atoms with Crippen molar-refractivity contribution in [2.75, 3.05) is 32.9 Å². The number of nitro benzene ring substituents is 1. The lowest BCUT2D eigenvalue weighted by molar-refractivity contribution is -0.384. The van der Waals surface area contributed by atoms with Crippen LogP contribution in [-0.4, -0.2) is 60.8 Å². The molecule has 10 heteroatoms. The Bertz CT molecular complexity index is 939. The first kappa shape index (κ1) is 20.9. The van der Waals surface area contributed by atoms with Crippen molar-refractivity contribution in [1.82, 2.24) is 10.3 Å². The molecule has 1 heterocycles. The Hall–Kier alpha value is -3.79. The Morgan fingerprint density at radius 1 is 1.20 bits per heavy atom. The molecule has 3 rings (SSSR count). The van der Waals surface area contributed by atoms with E-state index in [2.05, 4.69) is 10.5 Å². The van der Waals surface area contributed by atoms with Crippen molar-refractivity contribution in [2.24, 2.45) is 5.10 Å². The van der Waals surface area contributed by atoms with E-state index in [4.69, 9.17) is 9.47 Å². The largest absolute Gasteiger partial charge is 0.484 e. The highest BCUT2D eigenvalue weighted by Gasteiger charge is 2.17. The van der Waals surface area contributed by atoms with Gasteiger partial charge in [-0.15, -0.1) is 0 Å². The molecule has 0 spiro atoms. The van der Waals surface area contributed by atoms with Crippen LogP contribution in [0.25, 0.3) is 0 Å². The van der Waals surface area contributed by atoms with Crippen LogP contribution in [0.15, 0.2) is 53.6 Å². The van der Waals surface area contributed by atoms with Gasteiger partial charge in [0.2, 0.25) is 0 Å². The summed E-state index contributed by atoms with van der Waals surface area (Å²) in [4.78, 5) is 36.0. The third-order valence-corrected chi connectivity index (χ3v) is 4.31. The highest BCUT2D eigenvalue weighted by Crippen LogP contribution is 2.13. The number of rotatable bonds is 7. The van der Waals surface area contributed by atoms with E-state index in [0.717, 1.165) is 0 Å². The summed E-state index contributed by atoms with van der Waals surface area (Å²) in [6, 6.07) is 12.2. The van der Waals surface area contributed by atoms with Crippen LogP contribution in [0.1, 0.15) is 15.9 Å². The van der Waals surface area contributed by atoms with Gasteiger partial charge in [-0.1, -0.05) is 6.07 Å². The van der Waals surface area contributed by atoms with Crippen LogP contribution in [0.5, 0.6) is 5.75 Å². The quantitative estimate of drug-likeness (QED) is 0.419. The van der Waals surface area contributed by atoms with E-state index in [-0.39, 0.29) is 23.8 Å². The van der Waals surface area contributed by atoms with Gasteiger partial charge < -0.3 is 14.4 Å². The molecule has 0 aromatic heterocycles. The topological polar surface area (TPSA) is 123 Å². The summed E-state index contributed by atoms with van der Waals surface area (Å²) in [6.07, 6.45) is 1.43. The van der Waals surface area contributed by atoms with Gasteiger partial charge in [-0.05, 0) is 35.9 Å². The molecule has 0 radical (unpaired) electrons. The molecule has 2 aromatic rings. The maximum atomic E-state index is 12.1. The number of morpholine rings is 1. The molecule has 1 aliphatic heterocycles. The lowest BCUT2D eigenvalue weighted by Gasteiger charge is -2.26. The standard InChI is InChI=1S/C20H20N4O6/c25-19(23-8-10-29-11-9-23)14-30-18-6-4-15(5-7-18)13-21-22-20(26)16-2-1-3-17(12-16)24(27)28/h1-7,12-13H,8-11,14H2,(H,22,26)/b21-13-. The lowest BCUT2D eigenvalue weighted by atomic mass is 10.2. The number of carbonyl (C=O) groups is 2. The van der Waals surface area contributed by atoms with Crippen LogP contribution in [0.2, 0.25) is 0 Å². The molecule has 10 nitrogen and oxygen atoms in total. The number of hydrogen-bond acceptors (Lipinski definition) is 7. The molecule has 0 saturated carbocycles. The van der Waals surface area contributed by atoms with E-state index in [0.29, 0.717) is 37.6 Å². The van der Waals surface area contributed by atoms with Gasteiger partial charge in [0.05, 0.1) is 24.4 Å². The van der Waals surface area contributed by atoms with Crippen LogP contribution >= 0.6 is 0 Å². The van der Waals surface area contributed by atoms with Crippen LogP contribution in [0.3, 0.4) is 0 Å². The number of carbonyl (C=O) groups excluding carboxylic acids is 2. The highest BCUT2D eigenvalue weighted by atomic mass is 16.6. The molecule has 1 aliphatic rings. The van der Waals surface area contributed by atoms with Gasteiger partial charge in [0.15, 0.2) is 6.61 Å². The second-order valence-electron chi connectivity index (χ2n) is 6.36. The van der Waals surface area contributed by atoms with E-state index >= 15 is 0 Å². The average Bonchev–Trinajstić information content (AvgIpc) is 2.79. The van der Waals surface area contributed by atoms with Gasteiger partial charge in [-0.3, -0.25) is 19.7 Å². The van der Waals surface area contributed by atoms with Crippen LogP contribution in [-0.2, 0) is 9.53 Å². The van der Waals surface area contributed by atoms with E-state index in [1.165, 1.54) is 30.5 Å². The molecule has 1 fully saturated rings. The van der Waals surface area contributed by atoms with Gasteiger partial charge in [-0.2, -0.15) is 5.10 Å². The maximum absolute atomic E-state index is 12.1. The lowest BCUT2D eigenvalue weighted by Crippen LogP contribution is -2.42. The van der Waals surface area contributed by atoms with Gasteiger partial charge in [-0.25, -0.2) is 5.43 Å². The molecule has 156 valence electrons. The zero-order valence-electron chi connectivity index (χ0n) is 16.0. The second kappa shape index (κ2) is 10.1. The first-order chi connectivity index (χ1) is 14.5. The molecule has 30 heavy (non-hydrogen) atoms. The van der Waals surface area contributed by atoms with Gasteiger partial charge in [0.1, 0.15) is 5.75 Å². The number of nitrogens with one attached hydrogen (secondary N) is 1. The minimum Gasteiger partial charge on any atom is -0.484 e. The average molecular weight is 412 g/mol. The summed E-state index contributed by atoms with van der Waals surface area (Å²) in [7, 11) is 0. The maximum Gasteiger partial charge on any atom is 0.271 e. The molecular formula is C20H20N4O6. The summed E-state index contributed by atoms with van der Waals surface area (Å²) in [6.45, 7) is 2.17. The Balaban J connectivity index is 1.48. The fourth-order valence-electron chi connectivity index (χ4n) is 2.69.